The number of nitrogens with zero attached hydrogens (tertiary/aromatic N) is 7. The largest absolute Gasteiger partial charge is 0.368 e. The molecule has 0 spiro atoms. The zero-order chi connectivity index (χ0) is 29.5. The van der Waals surface area contributed by atoms with Crippen LogP contribution in [-0.2, 0) is 0 Å². The minimum Gasteiger partial charge on any atom is -0.368 e. The zero-order valence-electron chi connectivity index (χ0n) is 25.4. The normalized spacial score (nSPS) is 21.4. The van der Waals surface area contributed by atoms with E-state index in [4.69, 9.17) is 4.98 Å². The van der Waals surface area contributed by atoms with Gasteiger partial charge in [-0.3, -0.25) is 24.0 Å². The molecule has 1 saturated carbocycles. The second-order valence-corrected chi connectivity index (χ2v) is 12.7. The van der Waals surface area contributed by atoms with Crippen molar-refractivity contribution in [2.24, 2.45) is 0 Å². The number of piperidine rings is 1. The highest BCUT2D eigenvalue weighted by Crippen LogP contribution is 2.32. The van der Waals surface area contributed by atoms with E-state index in [2.05, 4.69) is 41.4 Å². The molecule has 43 heavy (non-hydrogen) atoms. The Bertz CT molecular complexity index is 1530. The van der Waals surface area contributed by atoms with E-state index in [-0.39, 0.29) is 22.9 Å². The third-order valence-electron chi connectivity index (χ3n) is 10.2. The summed E-state index contributed by atoms with van der Waals surface area (Å²) in [7, 11) is 0. The van der Waals surface area contributed by atoms with Gasteiger partial charge in [0.05, 0.1) is 17.4 Å². The van der Waals surface area contributed by atoms with Crippen LogP contribution in [0.1, 0.15) is 67.4 Å². The molecular formula is C32H43N9O2. The quantitative estimate of drug-likeness (QED) is 0.401. The van der Waals surface area contributed by atoms with Crippen LogP contribution in [0, 0.1) is 6.92 Å². The monoisotopic (exact) mass is 585 g/mol. The summed E-state index contributed by atoms with van der Waals surface area (Å²) in [6, 6.07) is 5.59. The van der Waals surface area contributed by atoms with E-state index in [1.807, 2.05) is 19.2 Å². The van der Waals surface area contributed by atoms with Gasteiger partial charge in [-0.25, -0.2) is 9.97 Å². The van der Waals surface area contributed by atoms with Crippen molar-refractivity contribution in [3.8, 4) is 0 Å². The number of carbonyl (C=O) groups is 1. The van der Waals surface area contributed by atoms with Crippen molar-refractivity contribution in [1.29, 1.82) is 0 Å². The molecule has 7 rings (SSSR count). The highest BCUT2D eigenvalue weighted by atomic mass is 16.1. The summed E-state index contributed by atoms with van der Waals surface area (Å²) in [5.41, 5.74) is 2.35. The van der Waals surface area contributed by atoms with Crippen LogP contribution in [0.25, 0.3) is 11.0 Å². The zero-order valence-corrected chi connectivity index (χ0v) is 25.4. The lowest BCUT2D eigenvalue weighted by atomic mass is 9.99. The summed E-state index contributed by atoms with van der Waals surface area (Å²) in [4.78, 5) is 47.7. The molecule has 6 heterocycles. The number of hydrogen-bond donors (Lipinski definition) is 2. The third-order valence-corrected chi connectivity index (χ3v) is 10.2. The number of anilines is 3. The second kappa shape index (κ2) is 11.9. The summed E-state index contributed by atoms with van der Waals surface area (Å²) in [6.07, 6.45) is 10.2. The molecule has 228 valence electrons. The molecule has 0 aromatic carbocycles. The van der Waals surface area contributed by atoms with Crippen LogP contribution >= 0.6 is 0 Å². The number of nitrogens with one attached hydrogen (secondary N) is 2. The van der Waals surface area contributed by atoms with Gasteiger partial charge in [-0.15, -0.1) is 0 Å². The van der Waals surface area contributed by atoms with Crippen molar-refractivity contribution in [3.05, 3.63) is 46.0 Å². The standard InChI is InChI=1S/C32H43N9O2/c1-21-27-20-35-32(37-30(27)41(24-5-3-4-6-24)31(43)29(21)22(2)42)36-28-8-7-25(19-34-28)40-15-13-39(14-16-40)23-9-11-38(12-10-23)26-17-33-18-26/h7-8,19-20,23-24,26,33H,3-6,9-18H2,1-2H3,(H,34,35,36,37). The molecule has 11 heteroatoms. The number of pyridine rings is 2. The first-order valence-corrected chi connectivity index (χ1v) is 16.1. The fraction of sp³-hybridized carbons (Fsp3) is 0.594. The fourth-order valence-corrected chi connectivity index (χ4v) is 7.56. The molecule has 11 nitrogen and oxygen atoms in total. The lowest BCUT2D eigenvalue weighted by molar-refractivity contribution is 0.0630. The van der Waals surface area contributed by atoms with Gasteiger partial charge in [0.15, 0.2) is 5.78 Å². The molecule has 3 aliphatic heterocycles. The molecule has 4 fully saturated rings. The van der Waals surface area contributed by atoms with E-state index in [1.54, 1.807) is 10.8 Å². The highest BCUT2D eigenvalue weighted by molar-refractivity contribution is 5.99. The van der Waals surface area contributed by atoms with Gasteiger partial charge in [0.25, 0.3) is 5.56 Å². The molecule has 0 bridgehead atoms. The number of rotatable bonds is 7. The molecular weight excluding hydrogens is 542 g/mol. The molecule has 0 atom stereocenters. The Morgan fingerprint density at radius 2 is 1.60 bits per heavy atom. The van der Waals surface area contributed by atoms with Crippen molar-refractivity contribution in [2.45, 2.75) is 70.5 Å². The van der Waals surface area contributed by atoms with Crippen molar-refractivity contribution >= 4 is 34.3 Å². The van der Waals surface area contributed by atoms with E-state index in [0.29, 0.717) is 29.0 Å². The summed E-state index contributed by atoms with van der Waals surface area (Å²) in [5.74, 6) is 0.829. The smallest absolute Gasteiger partial charge is 0.263 e. The number of fused-ring (bicyclic) bond motifs is 1. The Hall–Kier alpha value is -3.41. The first-order valence-electron chi connectivity index (χ1n) is 16.1. The Kier molecular flexibility index (Phi) is 7.87. The van der Waals surface area contributed by atoms with Gasteiger partial charge in [0, 0.05) is 82.1 Å². The van der Waals surface area contributed by atoms with Gasteiger partial charge in [-0.05, 0) is 57.2 Å². The predicted molar refractivity (Wildman–Crippen MR) is 169 cm³/mol. The van der Waals surface area contributed by atoms with Gasteiger partial charge in [0.2, 0.25) is 5.95 Å². The number of likely N-dealkylation sites (tertiary alicyclic amines) is 1. The number of aromatic nitrogens is 4. The van der Waals surface area contributed by atoms with Crippen LogP contribution in [0.4, 0.5) is 17.5 Å². The van der Waals surface area contributed by atoms with E-state index >= 15 is 0 Å². The van der Waals surface area contributed by atoms with Crippen molar-refractivity contribution in [2.75, 3.05) is 62.6 Å². The van der Waals surface area contributed by atoms with E-state index < -0.39 is 0 Å². The average Bonchev–Trinajstić information content (AvgIpc) is 3.52. The van der Waals surface area contributed by atoms with Crippen LogP contribution in [0.5, 0.6) is 0 Å². The minimum atomic E-state index is -0.242. The number of aryl methyl sites for hydroxylation is 1. The van der Waals surface area contributed by atoms with Crippen LogP contribution in [-0.4, -0.2) is 99.5 Å². The number of Topliss-reactive ketones (excluding diaryl/α,β-unsaturated/α-hetero) is 1. The Morgan fingerprint density at radius 3 is 2.23 bits per heavy atom. The van der Waals surface area contributed by atoms with Crippen molar-refractivity contribution in [3.63, 3.8) is 0 Å². The van der Waals surface area contributed by atoms with Crippen molar-refractivity contribution < 1.29 is 4.79 Å². The average molecular weight is 586 g/mol. The van der Waals surface area contributed by atoms with Crippen LogP contribution < -0.4 is 21.1 Å². The number of hydrogen-bond acceptors (Lipinski definition) is 10. The third kappa shape index (κ3) is 5.54. The summed E-state index contributed by atoms with van der Waals surface area (Å²) in [6.45, 7) is 12.2. The number of ketones is 1. The lowest BCUT2D eigenvalue weighted by Crippen LogP contribution is -2.60. The molecule has 2 N–H and O–H groups in total. The van der Waals surface area contributed by atoms with E-state index in [9.17, 15) is 9.59 Å². The first kappa shape index (κ1) is 28.4. The maximum Gasteiger partial charge on any atom is 0.263 e. The van der Waals surface area contributed by atoms with Gasteiger partial charge >= 0.3 is 0 Å². The molecule has 1 aliphatic carbocycles. The fourth-order valence-electron chi connectivity index (χ4n) is 7.56. The molecule has 4 aliphatic rings. The topological polar surface area (TPSA) is 112 Å². The van der Waals surface area contributed by atoms with Crippen molar-refractivity contribution in [1.82, 2.24) is 34.6 Å². The number of piperazine rings is 1. The van der Waals surface area contributed by atoms with Crippen LogP contribution in [0.15, 0.2) is 29.3 Å². The maximum absolute atomic E-state index is 13.5. The predicted octanol–water partition coefficient (Wildman–Crippen LogP) is 3.11. The van der Waals surface area contributed by atoms with Crippen LogP contribution in [0.2, 0.25) is 0 Å². The molecule has 0 unspecified atom stereocenters. The lowest BCUT2D eigenvalue weighted by Gasteiger charge is -2.46. The van der Waals surface area contributed by atoms with Gasteiger partial charge in [-0.1, -0.05) is 12.8 Å². The SMILES string of the molecule is CC(=O)c1c(C)c2cnc(Nc3ccc(N4CCN(C5CCN(C6CNC6)CC5)CC4)cn3)nc2n(C2CCCC2)c1=O. The molecule has 3 aromatic rings. The second-order valence-electron chi connectivity index (χ2n) is 12.7. The summed E-state index contributed by atoms with van der Waals surface area (Å²) < 4.78 is 1.74. The first-order chi connectivity index (χ1) is 21.0. The Labute approximate surface area is 252 Å². The molecule has 0 amide bonds. The minimum absolute atomic E-state index is 0.0482. The molecule has 3 saturated heterocycles. The van der Waals surface area contributed by atoms with Crippen LogP contribution in [0.3, 0.4) is 0 Å². The Morgan fingerprint density at radius 1 is 0.884 bits per heavy atom. The van der Waals surface area contributed by atoms with E-state index in [0.717, 1.165) is 82.1 Å². The van der Waals surface area contributed by atoms with Gasteiger partial charge < -0.3 is 15.5 Å². The summed E-state index contributed by atoms with van der Waals surface area (Å²) in [5, 5.41) is 7.38. The summed E-state index contributed by atoms with van der Waals surface area (Å²) >= 11 is 0. The number of carbonyl (C=O) groups excluding carboxylic acids is 1. The maximum atomic E-state index is 13.5. The van der Waals surface area contributed by atoms with Gasteiger partial charge in [-0.2, -0.15) is 4.98 Å². The van der Waals surface area contributed by atoms with Gasteiger partial charge in [0.1, 0.15) is 11.5 Å². The molecule has 3 aromatic heterocycles. The Balaban J connectivity index is 1.02. The molecule has 0 radical (unpaired) electrons. The van der Waals surface area contributed by atoms with E-state index in [1.165, 1.54) is 32.9 Å². The highest BCUT2D eigenvalue weighted by Gasteiger charge is 2.32.